The topological polar surface area (TPSA) is 86.5 Å². The largest absolute Gasteiger partial charge is 0.480 e. The van der Waals surface area contributed by atoms with Gasteiger partial charge in [-0.2, -0.15) is 0 Å². The summed E-state index contributed by atoms with van der Waals surface area (Å²) in [6.45, 7) is 0.846. The third kappa shape index (κ3) is 3.53. The fourth-order valence-electron chi connectivity index (χ4n) is 2.99. The molecule has 1 aliphatic rings. The summed E-state index contributed by atoms with van der Waals surface area (Å²) < 4.78 is 38.7. The van der Waals surface area contributed by atoms with Crippen LogP contribution in [0.25, 0.3) is 11.4 Å². The number of rotatable bonds is 6. The number of hydrogen-bond donors (Lipinski definition) is 0. The third-order valence-corrected chi connectivity index (χ3v) is 6.34. The van der Waals surface area contributed by atoms with Crippen LogP contribution in [0, 0.1) is 5.92 Å². The summed E-state index contributed by atoms with van der Waals surface area (Å²) in [6.07, 6.45) is 5.19. The highest BCUT2D eigenvalue weighted by Gasteiger charge is 2.35. The molecule has 0 unspecified atom stereocenters. The van der Waals surface area contributed by atoms with Crippen LogP contribution < -0.4 is 4.74 Å². The van der Waals surface area contributed by atoms with Crippen molar-refractivity contribution in [2.45, 2.75) is 6.04 Å². The summed E-state index contributed by atoms with van der Waals surface area (Å²) in [6, 6.07) is 3.58. The first-order chi connectivity index (χ1) is 11.9. The molecule has 0 radical (unpaired) electrons. The number of sulfonamides is 1. The van der Waals surface area contributed by atoms with Gasteiger partial charge in [0.15, 0.2) is 0 Å². The number of imidazole rings is 1. The number of hydrogen-bond acceptors (Lipinski definition) is 6. The molecular formula is C16H22N4O4S. The van der Waals surface area contributed by atoms with Gasteiger partial charge in [0.25, 0.3) is 0 Å². The highest BCUT2D eigenvalue weighted by molar-refractivity contribution is 7.89. The van der Waals surface area contributed by atoms with Crippen molar-refractivity contribution < 1.29 is 17.9 Å². The van der Waals surface area contributed by atoms with Crippen LogP contribution in [0.1, 0.15) is 6.04 Å². The average molecular weight is 366 g/mol. The van der Waals surface area contributed by atoms with Crippen molar-refractivity contribution in [1.82, 2.24) is 18.8 Å². The molecule has 0 amide bonds. The lowest BCUT2D eigenvalue weighted by molar-refractivity contribution is 0.182. The van der Waals surface area contributed by atoms with Crippen molar-refractivity contribution in [1.29, 1.82) is 0 Å². The Hall–Kier alpha value is -1.97. The first-order valence-electron chi connectivity index (χ1n) is 7.94. The Morgan fingerprint density at radius 3 is 2.84 bits per heavy atom. The molecule has 2 aromatic rings. The van der Waals surface area contributed by atoms with Crippen LogP contribution in [0.15, 0.2) is 30.7 Å². The second kappa shape index (κ2) is 7.11. The Labute approximate surface area is 147 Å². The van der Waals surface area contributed by atoms with Crippen LogP contribution in [0.4, 0.5) is 0 Å². The first kappa shape index (κ1) is 17.8. The zero-order valence-corrected chi connectivity index (χ0v) is 15.3. The molecule has 0 spiro atoms. The molecule has 136 valence electrons. The molecule has 3 heterocycles. The van der Waals surface area contributed by atoms with Gasteiger partial charge in [-0.1, -0.05) is 0 Å². The van der Waals surface area contributed by atoms with E-state index in [1.807, 2.05) is 22.9 Å². The van der Waals surface area contributed by atoms with Crippen molar-refractivity contribution in [3.8, 4) is 17.3 Å². The second-order valence-electron chi connectivity index (χ2n) is 6.14. The molecular weight excluding hydrogens is 344 g/mol. The molecule has 0 aliphatic carbocycles. The minimum atomic E-state index is -3.31. The summed E-state index contributed by atoms with van der Waals surface area (Å²) in [5.41, 5.74) is 0.760. The second-order valence-corrected chi connectivity index (χ2v) is 8.37. The van der Waals surface area contributed by atoms with Gasteiger partial charge in [0.05, 0.1) is 37.7 Å². The third-order valence-electron chi connectivity index (χ3n) is 4.38. The van der Waals surface area contributed by atoms with Gasteiger partial charge in [0, 0.05) is 38.6 Å². The van der Waals surface area contributed by atoms with Gasteiger partial charge in [-0.15, -0.1) is 0 Å². The maximum absolute atomic E-state index is 12.3. The Morgan fingerprint density at radius 2 is 2.12 bits per heavy atom. The molecule has 0 bridgehead atoms. The number of nitrogens with zero attached hydrogens (tertiary/aromatic N) is 4. The van der Waals surface area contributed by atoms with Crippen LogP contribution in [0.3, 0.4) is 0 Å². The van der Waals surface area contributed by atoms with E-state index >= 15 is 0 Å². The minimum Gasteiger partial charge on any atom is -0.480 e. The number of ether oxygens (including phenoxy) is 2. The maximum Gasteiger partial charge on any atom is 0.224 e. The molecule has 9 heteroatoms. The molecule has 8 nitrogen and oxygen atoms in total. The molecule has 1 saturated heterocycles. The van der Waals surface area contributed by atoms with Crippen molar-refractivity contribution in [2.24, 2.45) is 5.92 Å². The summed E-state index contributed by atoms with van der Waals surface area (Å²) >= 11 is 0. The molecule has 2 atom stereocenters. The maximum atomic E-state index is 12.3. The predicted octanol–water partition coefficient (Wildman–Crippen LogP) is 1.03. The summed E-state index contributed by atoms with van der Waals surface area (Å²) in [4.78, 5) is 8.65. The van der Waals surface area contributed by atoms with E-state index in [9.17, 15) is 8.42 Å². The van der Waals surface area contributed by atoms with Gasteiger partial charge in [-0.05, 0) is 12.1 Å². The lowest BCUT2D eigenvalue weighted by Gasteiger charge is -2.22. The van der Waals surface area contributed by atoms with Gasteiger partial charge >= 0.3 is 0 Å². The van der Waals surface area contributed by atoms with Crippen molar-refractivity contribution in [3.05, 3.63) is 30.7 Å². The molecule has 0 N–H and O–H groups in total. The van der Waals surface area contributed by atoms with E-state index < -0.39 is 10.0 Å². The molecule has 1 fully saturated rings. The summed E-state index contributed by atoms with van der Waals surface area (Å²) in [7, 11) is 1.34. The number of pyridine rings is 1. The van der Waals surface area contributed by atoms with E-state index in [2.05, 4.69) is 9.97 Å². The van der Waals surface area contributed by atoms with Gasteiger partial charge in [-0.25, -0.2) is 22.7 Å². The van der Waals surface area contributed by atoms with Crippen LogP contribution in [0.5, 0.6) is 5.88 Å². The van der Waals surface area contributed by atoms with Crippen LogP contribution in [0.2, 0.25) is 0 Å². The van der Waals surface area contributed by atoms with E-state index in [0.717, 1.165) is 5.56 Å². The zero-order chi connectivity index (χ0) is 18.0. The Kier molecular flexibility index (Phi) is 5.07. The fourth-order valence-corrected chi connectivity index (χ4v) is 4.14. The number of aromatic nitrogens is 3. The van der Waals surface area contributed by atoms with Crippen LogP contribution >= 0.6 is 0 Å². The highest BCUT2D eigenvalue weighted by Crippen LogP contribution is 2.34. The van der Waals surface area contributed by atoms with Crippen molar-refractivity contribution >= 4 is 10.0 Å². The highest BCUT2D eigenvalue weighted by atomic mass is 32.2. The van der Waals surface area contributed by atoms with E-state index in [-0.39, 0.29) is 17.7 Å². The lowest BCUT2D eigenvalue weighted by atomic mass is 10.1. The zero-order valence-electron chi connectivity index (χ0n) is 14.5. The van der Waals surface area contributed by atoms with Gasteiger partial charge in [-0.3, -0.25) is 0 Å². The molecule has 2 aromatic heterocycles. The van der Waals surface area contributed by atoms with E-state index in [1.165, 1.54) is 4.31 Å². The van der Waals surface area contributed by atoms with Gasteiger partial charge in [0.1, 0.15) is 5.82 Å². The SMILES string of the molecule is COc1ncccc1-c1nccn1[C@@H]1COC[C@H]1CS(=O)(=O)N(C)C. The quantitative estimate of drug-likeness (QED) is 0.759. The Morgan fingerprint density at radius 1 is 1.32 bits per heavy atom. The molecule has 0 aromatic carbocycles. The normalized spacial score (nSPS) is 21.0. The molecule has 25 heavy (non-hydrogen) atoms. The monoisotopic (exact) mass is 366 g/mol. The average Bonchev–Trinajstić information content (AvgIpc) is 3.22. The first-order valence-corrected chi connectivity index (χ1v) is 9.55. The van der Waals surface area contributed by atoms with E-state index in [0.29, 0.717) is 24.9 Å². The van der Waals surface area contributed by atoms with Gasteiger partial charge < -0.3 is 14.0 Å². The van der Waals surface area contributed by atoms with Crippen LogP contribution in [-0.2, 0) is 14.8 Å². The Balaban J connectivity index is 1.94. The number of methoxy groups -OCH3 is 1. The lowest BCUT2D eigenvalue weighted by Crippen LogP contribution is -2.32. The standard InChI is InChI=1S/C16H22N4O4S/c1-19(2)25(21,22)11-12-9-24-10-14(12)20-8-7-17-15(20)13-5-4-6-18-16(13)23-3/h4-8,12,14H,9-11H2,1-3H3/t12-,14+/m0/s1. The van der Waals surface area contributed by atoms with Crippen molar-refractivity contribution in [3.63, 3.8) is 0 Å². The molecule has 3 rings (SSSR count). The predicted molar refractivity (Wildman–Crippen MR) is 92.8 cm³/mol. The minimum absolute atomic E-state index is 0.0342. The van der Waals surface area contributed by atoms with E-state index in [1.54, 1.807) is 33.6 Å². The molecule has 0 saturated carbocycles. The van der Waals surface area contributed by atoms with Gasteiger partial charge in [0.2, 0.25) is 15.9 Å². The molecule has 1 aliphatic heterocycles. The summed E-state index contributed by atoms with van der Waals surface area (Å²) in [5.74, 6) is 1.05. The van der Waals surface area contributed by atoms with Crippen LogP contribution in [-0.4, -0.2) is 67.4 Å². The fraction of sp³-hybridized carbons (Fsp3) is 0.500. The Bertz CT molecular complexity index is 834. The van der Waals surface area contributed by atoms with E-state index in [4.69, 9.17) is 9.47 Å². The smallest absolute Gasteiger partial charge is 0.224 e. The summed E-state index contributed by atoms with van der Waals surface area (Å²) in [5, 5.41) is 0. The van der Waals surface area contributed by atoms with Crippen molar-refractivity contribution in [2.75, 3.05) is 40.2 Å².